The molecule has 14 heavy (non-hydrogen) atoms. The maximum Gasteiger partial charge on any atom is -0.0201 e. The second-order valence-electron chi connectivity index (χ2n) is 7.10. The molecule has 0 N–H and O–H groups in total. The molecule has 0 amide bonds. The van der Waals surface area contributed by atoms with Crippen LogP contribution in [0, 0.1) is 34.0 Å². The van der Waals surface area contributed by atoms with Gasteiger partial charge >= 0.3 is 0 Å². The van der Waals surface area contributed by atoms with E-state index in [1.54, 1.807) is 0 Å². The van der Waals surface area contributed by atoms with Gasteiger partial charge in [-0.15, -0.1) is 0 Å². The van der Waals surface area contributed by atoms with E-state index in [1.807, 2.05) is 0 Å². The van der Waals surface area contributed by atoms with Gasteiger partial charge in [0, 0.05) is 0 Å². The summed E-state index contributed by atoms with van der Waals surface area (Å²) in [4.78, 5) is 0. The van der Waals surface area contributed by atoms with E-state index in [0.29, 0.717) is 5.41 Å². The van der Waals surface area contributed by atoms with Crippen molar-refractivity contribution in [3.05, 3.63) is 0 Å². The van der Waals surface area contributed by atoms with Crippen molar-refractivity contribution in [1.29, 1.82) is 0 Å². The van der Waals surface area contributed by atoms with Gasteiger partial charge in [-0.25, -0.2) is 0 Å². The Bertz CT molecular complexity index is 294. The Morgan fingerprint density at radius 1 is 1.14 bits per heavy atom. The summed E-state index contributed by atoms with van der Waals surface area (Å²) in [7, 11) is 0. The molecule has 0 heteroatoms. The molecule has 3 aliphatic carbocycles. The lowest BCUT2D eigenvalue weighted by atomic mass is 9.68. The summed E-state index contributed by atoms with van der Waals surface area (Å²) in [5.41, 5.74) is 2.16. The summed E-state index contributed by atoms with van der Waals surface area (Å²) >= 11 is 0. The van der Waals surface area contributed by atoms with E-state index >= 15 is 0 Å². The van der Waals surface area contributed by atoms with Crippen LogP contribution in [0.1, 0.15) is 53.9 Å². The smallest absolute Gasteiger partial charge is 0.0201 e. The molecule has 0 bridgehead atoms. The highest BCUT2D eigenvalue weighted by Crippen LogP contribution is 2.89. The van der Waals surface area contributed by atoms with E-state index in [4.69, 9.17) is 0 Å². The fourth-order valence-electron chi connectivity index (χ4n) is 5.08. The lowest BCUT2D eigenvalue weighted by Crippen LogP contribution is -2.28. The summed E-state index contributed by atoms with van der Waals surface area (Å²) in [5, 5.41) is 0. The molecule has 6 atom stereocenters. The first kappa shape index (κ1) is 9.24. The Balaban J connectivity index is 1.85. The van der Waals surface area contributed by atoms with Gasteiger partial charge in [0.05, 0.1) is 0 Å². The molecule has 3 saturated carbocycles. The van der Waals surface area contributed by atoms with Gasteiger partial charge in [-0.2, -0.15) is 0 Å². The number of hydrogen-bond donors (Lipinski definition) is 0. The first-order valence-corrected chi connectivity index (χ1v) is 6.40. The van der Waals surface area contributed by atoms with Crippen molar-refractivity contribution in [3.8, 4) is 0 Å². The average Bonchev–Trinajstić information content (AvgIpc) is 2.87. The standard InChI is InChI=1S/C14H24/c1-6-12(3)8-10-11(12)14(10,5)13(4)7-9(13)2/h9-11H,6-8H2,1-5H3. The monoisotopic (exact) mass is 192 g/mol. The molecular weight excluding hydrogens is 168 g/mol. The summed E-state index contributed by atoms with van der Waals surface area (Å²) in [6.07, 6.45) is 4.41. The highest BCUT2D eigenvalue weighted by Gasteiger charge is 2.83. The van der Waals surface area contributed by atoms with E-state index in [9.17, 15) is 0 Å². The molecule has 0 aromatic rings. The summed E-state index contributed by atoms with van der Waals surface area (Å²) in [6.45, 7) is 12.5. The number of rotatable bonds is 2. The lowest BCUT2D eigenvalue weighted by molar-refractivity contribution is 0.126. The van der Waals surface area contributed by atoms with Gasteiger partial charge in [-0.1, -0.05) is 41.0 Å². The van der Waals surface area contributed by atoms with Crippen LogP contribution in [-0.4, -0.2) is 0 Å². The van der Waals surface area contributed by atoms with Crippen LogP contribution < -0.4 is 0 Å². The Morgan fingerprint density at radius 2 is 1.71 bits per heavy atom. The number of hydrogen-bond acceptors (Lipinski definition) is 0. The van der Waals surface area contributed by atoms with Crippen molar-refractivity contribution < 1.29 is 0 Å². The van der Waals surface area contributed by atoms with Crippen LogP contribution in [0.4, 0.5) is 0 Å². The van der Waals surface area contributed by atoms with Crippen LogP contribution in [0.2, 0.25) is 0 Å². The van der Waals surface area contributed by atoms with Crippen molar-refractivity contribution in [2.45, 2.75) is 53.9 Å². The van der Waals surface area contributed by atoms with Crippen LogP contribution in [0.3, 0.4) is 0 Å². The molecule has 0 spiro atoms. The van der Waals surface area contributed by atoms with E-state index < -0.39 is 0 Å². The molecule has 0 aromatic carbocycles. The Kier molecular flexibility index (Phi) is 1.37. The van der Waals surface area contributed by atoms with Gasteiger partial charge < -0.3 is 0 Å². The molecule has 3 aliphatic rings. The van der Waals surface area contributed by atoms with Gasteiger partial charge in [0.25, 0.3) is 0 Å². The van der Waals surface area contributed by atoms with E-state index in [-0.39, 0.29) is 0 Å². The molecule has 0 heterocycles. The van der Waals surface area contributed by atoms with Crippen LogP contribution in [0.25, 0.3) is 0 Å². The fourth-order valence-corrected chi connectivity index (χ4v) is 5.08. The van der Waals surface area contributed by atoms with Crippen LogP contribution in [0.5, 0.6) is 0 Å². The van der Waals surface area contributed by atoms with Gasteiger partial charge in [0.15, 0.2) is 0 Å². The van der Waals surface area contributed by atoms with Crippen molar-refractivity contribution in [3.63, 3.8) is 0 Å². The molecule has 0 radical (unpaired) electrons. The predicted molar refractivity (Wildman–Crippen MR) is 60.0 cm³/mol. The third-order valence-corrected chi connectivity index (χ3v) is 6.84. The maximum absolute atomic E-state index is 2.59. The topological polar surface area (TPSA) is 0 Å². The largest absolute Gasteiger partial charge is 0.0649 e. The zero-order valence-electron chi connectivity index (χ0n) is 10.4. The first-order valence-electron chi connectivity index (χ1n) is 6.40. The fraction of sp³-hybridized carbons (Fsp3) is 1.00. The zero-order valence-corrected chi connectivity index (χ0v) is 10.4. The van der Waals surface area contributed by atoms with Crippen molar-refractivity contribution in [1.82, 2.24) is 0 Å². The molecule has 0 saturated heterocycles. The van der Waals surface area contributed by atoms with Gasteiger partial charge in [0.2, 0.25) is 0 Å². The van der Waals surface area contributed by atoms with Crippen LogP contribution in [-0.2, 0) is 0 Å². The van der Waals surface area contributed by atoms with Crippen molar-refractivity contribution in [2.75, 3.05) is 0 Å². The first-order chi connectivity index (χ1) is 6.40. The van der Waals surface area contributed by atoms with Crippen molar-refractivity contribution in [2.24, 2.45) is 34.0 Å². The van der Waals surface area contributed by atoms with Crippen LogP contribution in [0.15, 0.2) is 0 Å². The van der Waals surface area contributed by atoms with Gasteiger partial charge in [-0.05, 0) is 46.8 Å². The molecule has 80 valence electrons. The van der Waals surface area contributed by atoms with E-state index in [2.05, 4.69) is 34.6 Å². The maximum atomic E-state index is 2.59. The Labute approximate surface area is 88.5 Å². The van der Waals surface area contributed by atoms with Crippen molar-refractivity contribution >= 4 is 0 Å². The summed E-state index contributed by atoms with van der Waals surface area (Å²) < 4.78 is 0. The Morgan fingerprint density at radius 3 is 2.07 bits per heavy atom. The third-order valence-electron chi connectivity index (χ3n) is 6.84. The molecule has 0 aliphatic heterocycles. The van der Waals surface area contributed by atoms with Gasteiger partial charge in [-0.3, -0.25) is 0 Å². The predicted octanol–water partition coefficient (Wildman–Crippen LogP) is 4.10. The summed E-state index contributed by atoms with van der Waals surface area (Å²) in [5.74, 6) is 3.18. The van der Waals surface area contributed by atoms with E-state index in [1.165, 1.54) is 19.3 Å². The average molecular weight is 192 g/mol. The normalized spacial score (nSPS) is 69.6. The second kappa shape index (κ2) is 2.08. The molecule has 3 fully saturated rings. The minimum absolute atomic E-state index is 0.713. The molecule has 0 aromatic heterocycles. The number of fused-ring (bicyclic) bond motifs is 1. The SMILES string of the molecule is CCC1(C)CC2C1C2(C)C1(C)CC1C. The Hall–Kier alpha value is 0. The van der Waals surface area contributed by atoms with Gasteiger partial charge in [0.1, 0.15) is 0 Å². The summed E-state index contributed by atoms with van der Waals surface area (Å²) in [6, 6.07) is 0. The minimum atomic E-state index is 0.713. The minimum Gasteiger partial charge on any atom is -0.0649 e. The quantitative estimate of drug-likeness (QED) is 0.618. The zero-order chi connectivity index (χ0) is 10.4. The lowest BCUT2D eigenvalue weighted by Gasteiger charge is -2.37. The molecule has 3 rings (SSSR count). The van der Waals surface area contributed by atoms with Crippen LogP contribution >= 0.6 is 0 Å². The highest BCUT2D eigenvalue weighted by molar-refractivity contribution is 5.30. The second-order valence-corrected chi connectivity index (χ2v) is 7.10. The molecule has 0 nitrogen and oxygen atoms in total. The molecule has 6 unspecified atom stereocenters. The third kappa shape index (κ3) is 0.686. The van der Waals surface area contributed by atoms with E-state index in [0.717, 1.165) is 28.6 Å². The highest BCUT2D eigenvalue weighted by atomic mass is 14.9. The molecular formula is C14H24.